The van der Waals surface area contributed by atoms with Crippen LogP contribution in [0.5, 0.6) is 17.2 Å². The molecule has 0 atom stereocenters. The van der Waals surface area contributed by atoms with Crippen molar-refractivity contribution in [3.8, 4) is 17.2 Å². The third kappa shape index (κ3) is 33.5. The number of nitrogens with one attached hydrogen (secondary N) is 3. The van der Waals surface area contributed by atoms with Crippen molar-refractivity contribution in [3.63, 3.8) is 0 Å². The topological polar surface area (TPSA) is 125 Å². The Balaban J connectivity index is 0.000000521. The minimum atomic E-state index is 0.100. The SMILES string of the molecule is CCCCCCOc1cccc(CCNCC(=O)N(C)C)c1.CCCCCOc1cccc(CCNCC(=O)N(C)C)c1.CCCCOc1cccc(CCNCC(=O)N(CCCC)CCCC)c1. The lowest BCUT2D eigenvalue weighted by Crippen LogP contribution is -2.39. The average Bonchev–Trinajstić information content (AvgIpc) is 3.35. The maximum absolute atomic E-state index is 12.4. The van der Waals surface area contributed by atoms with E-state index in [9.17, 15) is 14.4 Å². The Hall–Kier alpha value is -4.65. The lowest BCUT2D eigenvalue weighted by Gasteiger charge is -2.22. The molecule has 390 valence electrons. The van der Waals surface area contributed by atoms with Gasteiger partial charge >= 0.3 is 0 Å². The van der Waals surface area contributed by atoms with E-state index in [-0.39, 0.29) is 17.7 Å². The first-order chi connectivity index (χ1) is 33.5. The molecule has 12 nitrogen and oxygen atoms in total. The van der Waals surface area contributed by atoms with Gasteiger partial charge in [0, 0.05) is 41.3 Å². The van der Waals surface area contributed by atoms with E-state index in [0.29, 0.717) is 19.6 Å². The van der Waals surface area contributed by atoms with Gasteiger partial charge < -0.3 is 44.9 Å². The van der Waals surface area contributed by atoms with Crippen LogP contribution in [0.15, 0.2) is 72.8 Å². The van der Waals surface area contributed by atoms with Gasteiger partial charge in [0.15, 0.2) is 0 Å². The van der Waals surface area contributed by atoms with E-state index in [2.05, 4.69) is 87.0 Å². The Bertz CT molecular complexity index is 1730. The maximum Gasteiger partial charge on any atom is 0.236 e. The average molecular weight is 961 g/mol. The smallest absolute Gasteiger partial charge is 0.236 e. The summed E-state index contributed by atoms with van der Waals surface area (Å²) < 4.78 is 17.3. The van der Waals surface area contributed by atoms with Crippen molar-refractivity contribution in [1.82, 2.24) is 30.7 Å². The molecule has 0 bridgehead atoms. The molecule has 0 aliphatic rings. The number of likely N-dealkylation sites (N-methyl/N-ethyl adjacent to an activating group) is 2. The molecule has 0 aliphatic carbocycles. The highest BCUT2D eigenvalue weighted by Crippen LogP contribution is 2.17. The summed E-state index contributed by atoms with van der Waals surface area (Å²) in [5.41, 5.74) is 3.71. The molecule has 0 spiro atoms. The zero-order chi connectivity index (χ0) is 50.7. The Morgan fingerprint density at radius 3 is 1.12 bits per heavy atom. The normalized spacial score (nSPS) is 10.6. The molecular weight excluding hydrogens is 865 g/mol. The van der Waals surface area contributed by atoms with E-state index in [0.717, 1.165) is 140 Å². The van der Waals surface area contributed by atoms with Gasteiger partial charge in [0.25, 0.3) is 0 Å². The highest BCUT2D eigenvalue weighted by atomic mass is 16.5. The number of amides is 3. The summed E-state index contributed by atoms with van der Waals surface area (Å²) >= 11 is 0. The first-order valence-corrected chi connectivity index (χ1v) is 26.4. The molecule has 3 aromatic rings. The standard InChI is InChI=1S/C22H38N2O2.C18H30N2O2.C17H28N2O2/c1-4-7-15-24(16-8-5-2)22(25)19-23-14-13-20-11-10-12-21(18-20)26-17-9-6-3;1-4-5-6-7-13-22-17-10-8-9-16(14-17)11-12-19-15-18(21)20(2)3;1-4-5-6-12-21-16-9-7-8-15(13-16)10-11-18-14-17(20)19(2)3/h10-12,18,23H,4-9,13-17,19H2,1-3H3;8-10,14,19H,4-7,11-13,15H2,1-3H3;7-9,13,18H,4-6,10-12,14H2,1-3H3. The zero-order valence-electron chi connectivity index (χ0n) is 44.8. The molecule has 0 unspecified atom stereocenters. The minimum Gasteiger partial charge on any atom is -0.494 e. The van der Waals surface area contributed by atoms with Gasteiger partial charge in [-0.1, -0.05) is 122 Å². The van der Waals surface area contributed by atoms with Gasteiger partial charge in [0.2, 0.25) is 17.7 Å². The molecule has 0 saturated carbocycles. The Morgan fingerprint density at radius 2 is 0.754 bits per heavy atom. The van der Waals surface area contributed by atoms with Crippen LogP contribution in [0.1, 0.15) is 135 Å². The monoisotopic (exact) mass is 961 g/mol. The second-order valence-electron chi connectivity index (χ2n) is 18.1. The van der Waals surface area contributed by atoms with Crippen molar-refractivity contribution in [2.45, 2.75) is 137 Å². The van der Waals surface area contributed by atoms with Crippen molar-refractivity contribution in [1.29, 1.82) is 0 Å². The number of benzene rings is 3. The number of ether oxygens (including phenoxy) is 3. The highest BCUT2D eigenvalue weighted by Gasteiger charge is 2.12. The number of carbonyl (C=O) groups is 3. The predicted octanol–water partition coefficient (Wildman–Crippen LogP) is 9.77. The van der Waals surface area contributed by atoms with Gasteiger partial charge in [-0.2, -0.15) is 0 Å². The second kappa shape index (κ2) is 42.2. The predicted molar refractivity (Wildman–Crippen MR) is 288 cm³/mol. The molecule has 3 rings (SSSR count). The highest BCUT2D eigenvalue weighted by molar-refractivity contribution is 5.78. The molecule has 0 aromatic heterocycles. The molecule has 12 heteroatoms. The summed E-state index contributed by atoms with van der Waals surface area (Å²) in [6, 6.07) is 24.7. The third-order valence-electron chi connectivity index (χ3n) is 11.3. The van der Waals surface area contributed by atoms with Crippen molar-refractivity contribution in [2.75, 3.05) is 100 Å². The van der Waals surface area contributed by atoms with E-state index in [1.165, 1.54) is 48.8 Å². The fourth-order valence-corrected chi connectivity index (χ4v) is 6.74. The summed E-state index contributed by atoms with van der Waals surface area (Å²) in [5, 5.41) is 9.64. The number of unbranched alkanes of at least 4 members (excludes halogenated alkanes) is 8. The summed E-state index contributed by atoms with van der Waals surface area (Å²) in [4.78, 5) is 40.5. The van der Waals surface area contributed by atoms with Gasteiger partial charge in [-0.3, -0.25) is 14.4 Å². The van der Waals surface area contributed by atoms with Crippen LogP contribution < -0.4 is 30.2 Å². The summed E-state index contributed by atoms with van der Waals surface area (Å²) in [6.07, 6.45) is 17.7. The van der Waals surface area contributed by atoms with Gasteiger partial charge in [0.05, 0.1) is 39.5 Å². The minimum absolute atomic E-state index is 0.100. The second-order valence-corrected chi connectivity index (χ2v) is 18.1. The largest absolute Gasteiger partial charge is 0.494 e. The first kappa shape index (κ1) is 62.4. The first-order valence-electron chi connectivity index (χ1n) is 26.4. The number of nitrogens with zero attached hydrogens (tertiary/aromatic N) is 3. The van der Waals surface area contributed by atoms with E-state index in [1.54, 1.807) is 38.0 Å². The quantitative estimate of drug-likeness (QED) is 0.0489. The summed E-state index contributed by atoms with van der Waals surface area (Å²) in [6.45, 7) is 18.6. The fourth-order valence-electron chi connectivity index (χ4n) is 6.74. The molecule has 0 saturated heterocycles. The van der Waals surface area contributed by atoms with E-state index in [4.69, 9.17) is 14.2 Å². The van der Waals surface area contributed by atoms with Gasteiger partial charge in [-0.25, -0.2) is 0 Å². The molecule has 0 fully saturated rings. The van der Waals surface area contributed by atoms with Crippen LogP contribution >= 0.6 is 0 Å². The Labute approximate surface area is 420 Å². The summed E-state index contributed by atoms with van der Waals surface area (Å²) in [5.74, 6) is 3.25. The third-order valence-corrected chi connectivity index (χ3v) is 11.3. The number of hydrogen-bond donors (Lipinski definition) is 3. The van der Waals surface area contributed by atoms with Gasteiger partial charge in [-0.15, -0.1) is 0 Å². The Kier molecular flexibility index (Phi) is 38.2. The lowest BCUT2D eigenvalue weighted by atomic mass is 10.1. The number of carbonyl (C=O) groups excluding carboxylic acids is 3. The maximum atomic E-state index is 12.4. The molecule has 3 amide bonds. The van der Waals surface area contributed by atoms with Crippen LogP contribution in [0.2, 0.25) is 0 Å². The summed E-state index contributed by atoms with van der Waals surface area (Å²) in [7, 11) is 7.07. The lowest BCUT2D eigenvalue weighted by molar-refractivity contribution is -0.130. The molecule has 69 heavy (non-hydrogen) atoms. The van der Waals surface area contributed by atoms with E-state index >= 15 is 0 Å². The van der Waals surface area contributed by atoms with Crippen LogP contribution in [-0.4, -0.2) is 133 Å². The fraction of sp³-hybridized carbons (Fsp3) is 0.632. The van der Waals surface area contributed by atoms with Crippen LogP contribution in [0.3, 0.4) is 0 Å². The molecule has 3 aromatic carbocycles. The molecule has 0 radical (unpaired) electrons. The van der Waals surface area contributed by atoms with Crippen molar-refractivity contribution in [3.05, 3.63) is 89.5 Å². The van der Waals surface area contributed by atoms with E-state index in [1.807, 2.05) is 41.3 Å². The van der Waals surface area contributed by atoms with Crippen LogP contribution in [0.4, 0.5) is 0 Å². The van der Waals surface area contributed by atoms with Crippen molar-refractivity contribution >= 4 is 17.7 Å². The molecule has 0 aliphatic heterocycles. The van der Waals surface area contributed by atoms with Gasteiger partial charge in [0.1, 0.15) is 17.2 Å². The zero-order valence-corrected chi connectivity index (χ0v) is 44.8. The number of rotatable bonds is 36. The Morgan fingerprint density at radius 1 is 0.420 bits per heavy atom. The van der Waals surface area contributed by atoms with Crippen molar-refractivity contribution in [2.24, 2.45) is 0 Å². The van der Waals surface area contributed by atoms with Crippen molar-refractivity contribution < 1.29 is 28.6 Å². The molecule has 3 N–H and O–H groups in total. The number of hydrogen-bond acceptors (Lipinski definition) is 9. The molecule has 0 heterocycles. The van der Waals surface area contributed by atoms with Crippen LogP contribution in [0.25, 0.3) is 0 Å². The van der Waals surface area contributed by atoms with Crippen LogP contribution in [0, 0.1) is 0 Å². The molecular formula is C57H96N6O6. The van der Waals surface area contributed by atoms with Gasteiger partial charge in [-0.05, 0) is 124 Å². The van der Waals surface area contributed by atoms with E-state index < -0.39 is 0 Å². The van der Waals surface area contributed by atoms with Crippen LogP contribution in [-0.2, 0) is 33.6 Å².